The Kier molecular flexibility index (Phi) is 6.11. The molecule has 156 valence electrons. The van der Waals surface area contributed by atoms with E-state index in [1.165, 1.54) is 0 Å². The van der Waals surface area contributed by atoms with Gasteiger partial charge in [0.25, 0.3) is 0 Å². The van der Waals surface area contributed by atoms with Crippen LogP contribution in [0, 0.1) is 0 Å². The molecule has 0 saturated heterocycles. The number of halogens is 2. The van der Waals surface area contributed by atoms with Crippen molar-refractivity contribution in [3.63, 3.8) is 0 Å². The van der Waals surface area contributed by atoms with Crippen LogP contribution in [0.15, 0.2) is 48.9 Å². The fraction of sp³-hybridized carbons (Fsp3) is 0.273. The SMILES string of the molecule is CN1Cc2c(Cl)cc(Cl)cc2C(c2ccc(NC(=O)C(N)Cc3cnc[nH]3)cc2)C1. The van der Waals surface area contributed by atoms with Gasteiger partial charge in [-0.05, 0) is 48.0 Å². The highest BCUT2D eigenvalue weighted by molar-refractivity contribution is 6.35. The minimum atomic E-state index is -0.659. The summed E-state index contributed by atoms with van der Waals surface area (Å²) in [7, 11) is 2.08. The summed E-state index contributed by atoms with van der Waals surface area (Å²) in [6.45, 7) is 1.66. The number of nitrogens with zero attached hydrogens (tertiary/aromatic N) is 2. The van der Waals surface area contributed by atoms with Crippen LogP contribution in [-0.2, 0) is 17.8 Å². The minimum Gasteiger partial charge on any atom is -0.348 e. The number of carbonyl (C=O) groups excluding carboxylic acids is 1. The monoisotopic (exact) mass is 443 g/mol. The van der Waals surface area contributed by atoms with Crippen LogP contribution in [0.25, 0.3) is 0 Å². The molecule has 2 aromatic carbocycles. The first-order valence-electron chi connectivity index (χ1n) is 9.70. The van der Waals surface area contributed by atoms with Crippen molar-refractivity contribution in [2.75, 3.05) is 18.9 Å². The van der Waals surface area contributed by atoms with Gasteiger partial charge in [0.1, 0.15) is 0 Å². The van der Waals surface area contributed by atoms with Crippen molar-refractivity contribution in [2.24, 2.45) is 5.73 Å². The number of nitrogens with one attached hydrogen (secondary N) is 2. The second kappa shape index (κ2) is 8.78. The van der Waals surface area contributed by atoms with Crippen LogP contribution in [0.5, 0.6) is 0 Å². The van der Waals surface area contributed by atoms with Crippen LogP contribution in [0.3, 0.4) is 0 Å². The third-order valence-electron chi connectivity index (χ3n) is 5.40. The van der Waals surface area contributed by atoms with E-state index >= 15 is 0 Å². The quantitative estimate of drug-likeness (QED) is 0.559. The normalized spacial score (nSPS) is 17.4. The lowest BCUT2D eigenvalue weighted by Crippen LogP contribution is -2.37. The van der Waals surface area contributed by atoms with Crippen LogP contribution >= 0.6 is 23.2 Å². The molecule has 6 nitrogen and oxygen atoms in total. The van der Waals surface area contributed by atoms with Crippen molar-refractivity contribution in [3.8, 4) is 0 Å². The van der Waals surface area contributed by atoms with Gasteiger partial charge in [0.15, 0.2) is 0 Å². The second-order valence-electron chi connectivity index (χ2n) is 7.70. The molecule has 2 unspecified atom stereocenters. The molecule has 1 amide bonds. The maximum absolute atomic E-state index is 12.4. The number of hydrogen-bond acceptors (Lipinski definition) is 4. The van der Waals surface area contributed by atoms with E-state index in [1.807, 2.05) is 30.3 Å². The molecule has 3 aromatic rings. The van der Waals surface area contributed by atoms with E-state index in [4.69, 9.17) is 28.9 Å². The lowest BCUT2D eigenvalue weighted by atomic mass is 9.84. The predicted octanol–water partition coefficient (Wildman–Crippen LogP) is 3.80. The molecular weight excluding hydrogens is 421 g/mol. The topological polar surface area (TPSA) is 87.0 Å². The molecule has 4 rings (SSSR count). The Morgan fingerprint density at radius 1 is 1.33 bits per heavy atom. The number of amides is 1. The second-order valence-corrected chi connectivity index (χ2v) is 8.55. The molecule has 0 spiro atoms. The van der Waals surface area contributed by atoms with Crippen LogP contribution in [0.4, 0.5) is 5.69 Å². The van der Waals surface area contributed by atoms with E-state index in [-0.39, 0.29) is 11.8 Å². The number of imidazole rings is 1. The number of nitrogens with two attached hydrogens (primary N) is 1. The third kappa shape index (κ3) is 4.52. The number of benzene rings is 2. The number of aromatic nitrogens is 2. The molecule has 1 aliphatic heterocycles. The lowest BCUT2D eigenvalue weighted by Gasteiger charge is -2.33. The summed E-state index contributed by atoms with van der Waals surface area (Å²) in [6, 6.07) is 11.0. The van der Waals surface area contributed by atoms with Crippen LogP contribution in [-0.4, -0.2) is 40.4 Å². The molecule has 0 saturated carbocycles. The van der Waals surface area contributed by atoms with Gasteiger partial charge in [-0.2, -0.15) is 0 Å². The molecule has 1 aliphatic rings. The molecule has 2 atom stereocenters. The Morgan fingerprint density at radius 2 is 2.10 bits per heavy atom. The zero-order valence-electron chi connectivity index (χ0n) is 16.5. The molecule has 0 bridgehead atoms. The van der Waals surface area contributed by atoms with Crippen molar-refractivity contribution < 1.29 is 4.79 Å². The molecule has 0 radical (unpaired) electrons. The van der Waals surface area contributed by atoms with Crippen LogP contribution in [0.2, 0.25) is 10.0 Å². The van der Waals surface area contributed by atoms with Gasteiger partial charge in [-0.1, -0.05) is 35.3 Å². The van der Waals surface area contributed by atoms with Gasteiger partial charge in [-0.3, -0.25) is 4.79 Å². The summed E-state index contributed by atoms with van der Waals surface area (Å²) >= 11 is 12.7. The van der Waals surface area contributed by atoms with Crippen molar-refractivity contribution in [2.45, 2.75) is 24.9 Å². The van der Waals surface area contributed by atoms with Gasteiger partial charge >= 0.3 is 0 Å². The molecule has 30 heavy (non-hydrogen) atoms. The Bertz CT molecular complexity index is 1040. The molecule has 1 aromatic heterocycles. The average Bonchev–Trinajstić information content (AvgIpc) is 3.22. The summed E-state index contributed by atoms with van der Waals surface area (Å²) in [5.41, 5.74) is 10.9. The number of hydrogen-bond donors (Lipinski definition) is 3. The lowest BCUT2D eigenvalue weighted by molar-refractivity contribution is -0.117. The van der Waals surface area contributed by atoms with E-state index in [0.29, 0.717) is 22.2 Å². The zero-order valence-corrected chi connectivity index (χ0v) is 18.0. The molecule has 0 aliphatic carbocycles. The smallest absolute Gasteiger partial charge is 0.241 e. The molecule has 0 fully saturated rings. The number of anilines is 1. The fourth-order valence-corrected chi connectivity index (χ4v) is 4.46. The fourth-order valence-electron chi connectivity index (χ4n) is 3.89. The Labute approximate surface area is 185 Å². The summed E-state index contributed by atoms with van der Waals surface area (Å²) in [6.07, 6.45) is 3.63. The number of carbonyl (C=O) groups is 1. The van der Waals surface area contributed by atoms with Crippen molar-refractivity contribution in [1.82, 2.24) is 14.9 Å². The number of H-pyrrole nitrogens is 1. The third-order valence-corrected chi connectivity index (χ3v) is 5.96. The average molecular weight is 444 g/mol. The highest BCUT2D eigenvalue weighted by atomic mass is 35.5. The predicted molar refractivity (Wildman–Crippen MR) is 120 cm³/mol. The first-order chi connectivity index (χ1) is 14.4. The van der Waals surface area contributed by atoms with Crippen LogP contribution < -0.4 is 11.1 Å². The number of fused-ring (bicyclic) bond motifs is 1. The number of aromatic amines is 1. The number of rotatable bonds is 5. The largest absolute Gasteiger partial charge is 0.348 e. The van der Waals surface area contributed by atoms with Crippen molar-refractivity contribution in [1.29, 1.82) is 0 Å². The highest BCUT2D eigenvalue weighted by Gasteiger charge is 2.27. The summed E-state index contributed by atoms with van der Waals surface area (Å²) < 4.78 is 0. The molecular formula is C22H23Cl2N5O. The van der Waals surface area contributed by atoms with Gasteiger partial charge in [-0.25, -0.2) is 4.98 Å². The van der Waals surface area contributed by atoms with Gasteiger partial charge in [-0.15, -0.1) is 0 Å². The summed E-state index contributed by atoms with van der Waals surface area (Å²) in [5, 5.41) is 4.22. The molecule has 4 N–H and O–H groups in total. The maximum Gasteiger partial charge on any atom is 0.241 e. The zero-order chi connectivity index (χ0) is 21.3. The van der Waals surface area contributed by atoms with E-state index < -0.39 is 6.04 Å². The highest BCUT2D eigenvalue weighted by Crippen LogP contribution is 2.38. The minimum absolute atomic E-state index is 0.155. The first-order valence-corrected chi connectivity index (χ1v) is 10.5. The van der Waals surface area contributed by atoms with Crippen molar-refractivity contribution in [3.05, 3.63) is 81.4 Å². The van der Waals surface area contributed by atoms with E-state index in [2.05, 4.69) is 27.2 Å². The Hall–Kier alpha value is -2.38. The van der Waals surface area contributed by atoms with Gasteiger partial charge in [0, 0.05) is 53.1 Å². The van der Waals surface area contributed by atoms with Crippen molar-refractivity contribution >= 4 is 34.8 Å². The molecule has 8 heteroatoms. The van der Waals surface area contributed by atoms with E-state index in [0.717, 1.165) is 35.5 Å². The van der Waals surface area contributed by atoms with Crippen LogP contribution in [0.1, 0.15) is 28.3 Å². The number of likely N-dealkylation sites (N-methyl/N-ethyl adjacent to an activating group) is 1. The van der Waals surface area contributed by atoms with Gasteiger partial charge < -0.3 is 20.9 Å². The summed E-state index contributed by atoms with van der Waals surface area (Å²) in [5.74, 6) is -0.0824. The Morgan fingerprint density at radius 3 is 2.80 bits per heavy atom. The van der Waals surface area contributed by atoms with Gasteiger partial charge in [0.05, 0.1) is 12.4 Å². The van der Waals surface area contributed by atoms with E-state index in [1.54, 1.807) is 18.6 Å². The van der Waals surface area contributed by atoms with E-state index in [9.17, 15) is 4.79 Å². The maximum atomic E-state index is 12.4. The Balaban J connectivity index is 1.49. The first kappa shape index (κ1) is 20.9. The molecule has 2 heterocycles. The standard InChI is InChI=1S/C22H23Cl2N5O/c1-29-10-18(17-6-14(23)7-20(24)19(17)11-29)13-2-4-15(5-3-13)28-22(30)21(25)8-16-9-26-12-27-16/h2-7,9,12,18,21H,8,10-11,25H2,1H3,(H,26,27)(H,28,30). The summed E-state index contributed by atoms with van der Waals surface area (Å²) in [4.78, 5) is 21.5. The van der Waals surface area contributed by atoms with Gasteiger partial charge in [0.2, 0.25) is 5.91 Å².